The Morgan fingerprint density at radius 2 is 1.67 bits per heavy atom. The fourth-order valence-electron chi connectivity index (χ4n) is 3.00. The zero-order chi connectivity index (χ0) is 13.7. The number of nitrogens with two attached hydrogens (primary N) is 1. The molecule has 0 spiro atoms. The minimum atomic E-state index is -0.165. The maximum Gasteiger partial charge on any atom is 0.233 e. The first kappa shape index (κ1) is 13.5. The molecule has 4 nitrogen and oxygen atoms in total. The van der Waals surface area contributed by atoms with Crippen molar-refractivity contribution in [3.63, 3.8) is 0 Å². The van der Waals surface area contributed by atoms with Crippen LogP contribution < -0.4 is 5.73 Å². The average molecular weight is 252 g/mol. The number of likely N-dealkylation sites (tertiary alicyclic amines) is 1. The Hall–Kier alpha value is -0.900. The van der Waals surface area contributed by atoms with Crippen LogP contribution in [0.1, 0.15) is 40.5 Å². The molecule has 0 bridgehead atoms. The van der Waals surface area contributed by atoms with Gasteiger partial charge in [-0.25, -0.2) is 0 Å². The van der Waals surface area contributed by atoms with E-state index in [0.717, 1.165) is 12.8 Å². The molecule has 4 heteroatoms. The maximum absolute atomic E-state index is 12.3. The SMILES string of the molecule is CC1CC2C(=O)N(CC(N)C(C)(C)C)C(=O)C2C1. The lowest BCUT2D eigenvalue weighted by molar-refractivity contribution is -0.141. The summed E-state index contributed by atoms with van der Waals surface area (Å²) in [6, 6.07) is -0.165. The molecule has 102 valence electrons. The molecule has 1 saturated heterocycles. The van der Waals surface area contributed by atoms with Crippen molar-refractivity contribution in [1.82, 2.24) is 4.90 Å². The Kier molecular flexibility index (Phi) is 3.26. The number of imide groups is 1. The van der Waals surface area contributed by atoms with E-state index in [9.17, 15) is 9.59 Å². The van der Waals surface area contributed by atoms with E-state index in [1.54, 1.807) is 0 Å². The van der Waals surface area contributed by atoms with Crippen LogP contribution in [-0.2, 0) is 9.59 Å². The largest absolute Gasteiger partial charge is 0.326 e. The monoisotopic (exact) mass is 252 g/mol. The van der Waals surface area contributed by atoms with Gasteiger partial charge in [0.05, 0.1) is 11.8 Å². The van der Waals surface area contributed by atoms with Crippen LogP contribution in [0.2, 0.25) is 0 Å². The second-order valence-corrected chi connectivity index (χ2v) is 7.05. The summed E-state index contributed by atoms with van der Waals surface area (Å²) in [4.78, 5) is 25.9. The van der Waals surface area contributed by atoms with E-state index in [2.05, 4.69) is 6.92 Å². The van der Waals surface area contributed by atoms with Gasteiger partial charge in [0.15, 0.2) is 0 Å². The van der Waals surface area contributed by atoms with Gasteiger partial charge in [-0.05, 0) is 24.2 Å². The van der Waals surface area contributed by atoms with Gasteiger partial charge in [0.1, 0.15) is 0 Å². The summed E-state index contributed by atoms with van der Waals surface area (Å²) >= 11 is 0. The van der Waals surface area contributed by atoms with Gasteiger partial charge in [-0.3, -0.25) is 14.5 Å². The maximum atomic E-state index is 12.3. The molecule has 1 aliphatic carbocycles. The Balaban J connectivity index is 2.08. The van der Waals surface area contributed by atoms with Crippen molar-refractivity contribution in [2.45, 2.75) is 46.6 Å². The summed E-state index contributed by atoms with van der Waals surface area (Å²) in [5, 5.41) is 0. The number of nitrogens with zero attached hydrogens (tertiary/aromatic N) is 1. The van der Waals surface area contributed by atoms with E-state index in [4.69, 9.17) is 5.73 Å². The molecule has 2 rings (SSSR count). The van der Waals surface area contributed by atoms with E-state index < -0.39 is 0 Å². The summed E-state index contributed by atoms with van der Waals surface area (Å²) < 4.78 is 0. The van der Waals surface area contributed by atoms with E-state index >= 15 is 0 Å². The highest BCUT2D eigenvalue weighted by molar-refractivity contribution is 6.05. The molecule has 2 aliphatic rings. The fourth-order valence-corrected chi connectivity index (χ4v) is 3.00. The van der Waals surface area contributed by atoms with Crippen molar-refractivity contribution in [3.05, 3.63) is 0 Å². The first-order valence-electron chi connectivity index (χ1n) is 6.82. The molecule has 0 aromatic carbocycles. The third-order valence-electron chi connectivity index (χ3n) is 4.46. The predicted octanol–water partition coefficient (Wildman–Crippen LogP) is 1.39. The van der Waals surface area contributed by atoms with E-state index in [1.807, 2.05) is 20.8 Å². The third kappa shape index (κ3) is 2.18. The minimum absolute atomic E-state index is 0.00838. The van der Waals surface area contributed by atoms with Gasteiger partial charge in [-0.1, -0.05) is 27.7 Å². The first-order chi connectivity index (χ1) is 8.21. The van der Waals surface area contributed by atoms with Crippen molar-refractivity contribution < 1.29 is 9.59 Å². The van der Waals surface area contributed by atoms with Gasteiger partial charge >= 0.3 is 0 Å². The second-order valence-electron chi connectivity index (χ2n) is 7.05. The van der Waals surface area contributed by atoms with E-state index in [-0.39, 0.29) is 35.1 Å². The molecule has 2 fully saturated rings. The Morgan fingerprint density at radius 3 is 2.06 bits per heavy atom. The molecule has 0 radical (unpaired) electrons. The van der Waals surface area contributed by atoms with Crippen LogP contribution in [0.25, 0.3) is 0 Å². The van der Waals surface area contributed by atoms with Gasteiger partial charge in [-0.15, -0.1) is 0 Å². The van der Waals surface area contributed by atoms with Crippen LogP contribution in [0, 0.1) is 23.2 Å². The van der Waals surface area contributed by atoms with E-state index in [1.165, 1.54) is 4.90 Å². The van der Waals surface area contributed by atoms with Crippen LogP contribution in [0.4, 0.5) is 0 Å². The summed E-state index contributed by atoms with van der Waals surface area (Å²) in [5.74, 6) is 0.369. The van der Waals surface area contributed by atoms with Crippen LogP contribution in [0.3, 0.4) is 0 Å². The molecular weight excluding hydrogens is 228 g/mol. The zero-order valence-corrected chi connectivity index (χ0v) is 11.8. The number of rotatable bonds is 2. The normalized spacial score (nSPS) is 34.1. The van der Waals surface area contributed by atoms with Crippen LogP contribution in [-0.4, -0.2) is 29.3 Å². The van der Waals surface area contributed by atoms with Crippen LogP contribution >= 0.6 is 0 Å². The van der Waals surface area contributed by atoms with E-state index in [0.29, 0.717) is 12.5 Å². The lowest BCUT2D eigenvalue weighted by atomic mass is 9.87. The first-order valence-corrected chi connectivity index (χ1v) is 6.82. The predicted molar refractivity (Wildman–Crippen MR) is 69.5 cm³/mol. The van der Waals surface area contributed by atoms with Gasteiger partial charge in [0.25, 0.3) is 0 Å². The number of fused-ring (bicyclic) bond motifs is 1. The highest BCUT2D eigenvalue weighted by atomic mass is 16.2. The molecular formula is C14H24N2O2. The zero-order valence-electron chi connectivity index (χ0n) is 11.8. The third-order valence-corrected chi connectivity index (χ3v) is 4.46. The summed E-state index contributed by atoms with van der Waals surface area (Å²) in [6.07, 6.45) is 1.72. The van der Waals surface area contributed by atoms with Crippen molar-refractivity contribution >= 4 is 11.8 Å². The molecule has 18 heavy (non-hydrogen) atoms. The van der Waals surface area contributed by atoms with Crippen LogP contribution in [0.5, 0.6) is 0 Å². The number of hydrogen-bond donors (Lipinski definition) is 1. The fraction of sp³-hybridized carbons (Fsp3) is 0.857. The van der Waals surface area contributed by atoms with Crippen LogP contribution in [0.15, 0.2) is 0 Å². The Morgan fingerprint density at radius 1 is 1.22 bits per heavy atom. The number of carbonyl (C=O) groups is 2. The lowest BCUT2D eigenvalue weighted by Crippen LogP contribution is -2.47. The molecule has 2 N–H and O–H groups in total. The topological polar surface area (TPSA) is 63.4 Å². The summed E-state index contributed by atoms with van der Waals surface area (Å²) in [6.45, 7) is 8.58. The quantitative estimate of drug-likeness (QED) is 0.755. The molecule has 3 atom stereocenters. The second kappa shape index (κ2) is 4.34. The molecule has 1 heterocycles. The van der Waals surface area contributed by atoms with Gasteiger partial charge < -0.3 is 5.73 Å². The molecule has 3 unspecified atom stereocenters. The summed E-state index contributed by atoms with van der Waals surface area (Å²) in [7, 11) is 0. The molecule has 1 saturated carbocycles. The van der Waals surface area contributed by atoms with Gasteiger partial charge in [-0.2, -0.15) is 0 Å². The molecule has 0 aromatic rings. The number of carbonyl (C=O) groups excluding carboxylic acids is 2. The Labute approximate surface area is 109 Å². The highest BCUT2D eigenvalue weighted by Gasteiger charge is 2.52. The number of amides is 2. The van der Waals surface area contributed by atoms with Gasteiger partial charge in [0.2, 0.25) is 11.8 Å². The van der Waals surface area contributed by atoms with Crippen molar-refractivity contribution in [2.75, 3.05) is 6.54 Å². The minimum Gasteiger partial charge on any atom is -0.326 e. The molecule has 0 aromatic heterocycles. The van der Waals surface area contributed by atoms with Crippen molar-refractivity contribution in [2.24, 2.45) is 28.9 Å². The van der Waals surface area contributed by atoms with Crippen molar-refractivity contribution in [1.29, 1.82) is 0 Å². The molecule has 2 amide bonds. The number of hydrogen-bond acceptors (Lipinski definition) is 3. The van der Waals surface area contributed by atoms with Crippen molar-refractivity contribution in [3.8, 4) is 0 Å². The molecule has 1 aliphatic heterocycles. The average Bonchev–Trinajstić information content (AvgIpc) is 2.71. The highest BCUT2D eigenvalue weighted by Crippen LogP contribution is 2.43. The summed E-state index contributed by atoms with van der Waals surface area (Å²) in [5.41, 5.74) is 5.99. The Bertz CT molecular complexity index is 348. The van der Waals surface area contributed by atoms with Gasteiger partial charge in [0, 0.05) is 12.6 Å². The standard InChI is InChI=1S/C14H24N2O2/c1-8-5-9-10(6-8)13(18)16(12(9)17)7-11(15)14(2,3)4/h8-11H,5-7,15H2,1-4H3. The lowest BCUT2D eigenvalue weighted by Gasteiger charge is -2.30. The smallest absolute Gasteiger partial charge is 0.233 e.